The highest BCUT2D eigenvalue weighted by Crippen LogP contribution is 2.31. The first-order valence-corrected chi connectivity index (χ1v) is 17.6. The zero-order chi connectivity index (χ0) is 32.1. The van der Waals surface area contributed by atoms with E-state index in [0.717, 1.165) is 16.2 Å². The summed E-state index contributed by atoms with van der Waals surface area (Å²) >= 11 is 1.50. The molecular weight excluding hydrogens is 622 g/mol. The fraction of sp³-hybridized carbons (Fsp3) is 0.500. The number of esters is 1. The summed E-state index contributed by atoms with van der Waals surface area (Å²) in [5.41, 5.74) is 2.13. The molecule has 2 saturated heterocycles. The monoisotopic (exact) mass is 661 g/mol. The Morgan fingerprint density at radius 3 is 2.71 bits per heavy atom. The third-order valence-electron chi connectivity index (χ3n) is 7.61. The molecule has 0 spiro atoms. The van der Waals surface area contributed by atoms with E-state index in [1.165, 1.54) is 30.0 Å². The van der Waals surface area contributed by atoms with Crippen molar-refractivity contribution in [3.63, 3.8) is 0 Å². The number of sulfonamides is 1. The van der Waals surface area contributed by atoms with Gasteiger partial charge in [0.15, 0.2) is 5.16 Å². The number of cyclic esters (lactones) is 1. The highest BCUT2D eigenvalue weighted by molar-refractivity contribution is 7.98. The number of hydrogen-bond acceptors (Lipinski definition) is 11. The fourth-order valence-corrected chi connectivity index (χ4v) is 7.41. The van der Waals surface area contributed by atoms with Crippen molar-refractivity contribution >= 4 is 50.4 Å². The third kappa shape index (κ3) is 8.15. The lowest BCUT2D eigenvalue weighted by molar-refractivity contribution is -0.163. The number of aliphatic hydroxyl groups is 1. The van der Waals surface area contributed by atoms with Gasteiger partial charge in [-0.3, -0.25) is 14.5 Å². The molecule has 13 nitrogen and oxygen atoms in total. The van der Waals surface area contributed by atoms with Gasteiger partial charge in [0.2, 0.25) is 22.2 Å². The van der Waals surface area contributed by atoms with Crippen molar-refractivity contribution in [3.8, 4) is 5.75 Å². The zero-order valence-corrected chi connectivity index (χ0v) is 27.1. The second-order valence-corrected chi connectivity index (χ2v) is 13.5. The average molecular weight is 662 g/mol. The molecule has 3 N–H and O–H groups in total. The van der Waals surface area contributed by atoms with Crippen molar-refractivity contribution in [2.45, 2.75) is 74.2 Å². The van der Waals surface area contributed by atoms with Crippen LogP contribution in [-0.2, 0) is 35.6 Å². The van der Waals surface area contributed by atoms with E-state index in [1.807, 2.05) is 46.9 Å². The van der Waals surface area contributed by atoms with E-state index in [-0.39, 0.29) is 42.2 Å². The first kappa shape index (κ1) is 33.2. The van der Waals surface area contributed by atoms with Crippen molar-refractivity contribution in [1.82, 2.24) is 19.2 Å². The van der Waals surface area contributed by atoms with Gasteiger partial charge in [-0.1, -0.05) is 23.9 Å². The summed E-state index contributed by atoms with van der Waals surface area (Å²) in [5.74, 6) is -0.804. The first-order valence-electron chi connectivity index (χ1n) is 14.9. The van der Waals surface area contributed by atoms with Crippen LogP contribution in [0.15, 0.2) is 52.5 Å². The number of thioether (sulfide) groups is 1. The molecule has 2 aliphatic rings. The summed E-state index contributed by atoms with van der Waals surface area (Å²) in [7, 11) is -4.23. The Hall–Kier alpha value is -3.21. The number of amides is 1. The molecule has 2 aromatic carbocycles. The summed E-state index contributed by atoms with van der Waals surface area (Å²) < 4.78 is 48.9. The second-order valence-electron chi connectivity index (χ2n) is 11.1. The Balaban J connectivity index is 1.39. The molecule has 0 radical (unpaired) electrons. The van der Waals surface area contributed by atoms with Crippen LogP contribution in [0, 0.1) is 0 Å². The van der Waals surface area contributed by atoms with Crippen LogP contribution in [0.2, 0.25) is 0 Å². The number of hydrogen-bond donors (Lipinski definition) is 3. The molecule has 1 amide bonds. The largest absolute Gasteiger partial charge is 0.487 e. The number of piperidine rings is 1. The lowest BCUT2D eigenvalue weighted by Crippen LogP contribution is -2.41. The molecule has 2 aliphatic heterocycles. The number of para-hydroxylation sites is 2. The van der Waals surface area contributed by atoms with Crippen LogP contribution in [-0.4, -0.2) is 96.9 Å². The number of ether oxygens (including phenoxy) is 3. The number of benzene rings is 2. The summed E-state index contributed by atoms with van der Waals surface area (Å²) in [6, 6.07) is 11.2. The molecule has 244 valence electrons. The molecule has 2 unspecified atom stereocenters. The Bertz CT molecular complexity index is 1620. The molecule has 3 heterocycles. The molecule has 3 aromatic rings. The van der Waals surface area contributed by atoms with Gasteiger partial charge in [-0.25, -0.2) is 18.1 Å². The number of nitrogens with zero attached hydrogens (tertiary/aromatic N) is 3. The lowest BCUT2D eigenvalue weighted by Gasteiger charge is -2.28. The molecule has 0 saturated carbocycles. The standard InChI is InChI=1S/C30H39N5O8S2/c1-4-41-29-23(16-28(38)43-29)33-45(39,40)26-10-9-20(31-27(37)18-34-13-11-21(36)12-14-34)15-25(26)42-19(2)17-35-24-8-6-5-7-22(24)32-30(35)44-3/h5-10,15,19,21,23,29,33,36H,4,11-14,16-18H2,1-3H3,(H,31,37)/t19-,23?,29?/m1/s1. The highest BCUT2D eigenvalue weighted by Gasteiger charge is 2.39. The molecule has 1 aromatic heterocycles. The Morgan fingerprint density at radius 2 is 1.98 bits per heavy atom. The van der Waals surface area contributed by atoms with E-state index in [1.54, 1.807) is 6.92 Å². The van der Waals surface area contributed by atoms with E-state index in [2.05, 4.69) is 15.0 Å². The Morgan fingerprint density at radius 1 is 1.22 bits per heavy atom. The average Bonchev–Trinajstić information content (AvgIpc) is 3.52. The molecule has 2 fully saturated rings. The number of rotatable bonds is 13. The Labute approximate surface area is 266 Å². The maximum atomic E-state index is 13.7. The SMILES string of the molecule is CCOC1OC(=O)CC1NS(=O)(=O)c1ccc(NC(=O)CN2CCC(O)CC2)cc1O[C@H](C)Cn1c(SC)nc2ccccc21. The number of carbonyl (C=O) groups is 2. The van der Waals surface area contributed by atoms with Gasteiger partial charge >= 0.3 is 5.97 Å². The molecule has 0 aliphatic carbocycles. The number of carbonyl (C=O) groups excluding carboxylic acids is 2. The van der Waals surface area contributed by atoms with Crippen LogP contribution >= 0.6 is 11.8 Å². The van der Waals surface area contributed by atoms with Crippen LogP contribution in [0.1, 0.15) is 33.1 Å². The predicted octanol–water partition coefficient (Wildman–Crippen LogP) is 2.58. The second kappa shape index (κ2) is 14.5. The zero-order valence-electron chi connectivity index (χ0n) is 25.5. The van der Waals surface area contributed by atoms with Gasteiger partial charge < -0.3 is 29.2 Å². The van der Waals surface area contributed by atoms with Crippen LogP contribution in [0.3, 0.4) is 0 Å². The van der Waals surface area contributed by atoms with Crippen molar-refractivity contribution in [2.24, 2.45) is 0 Å². The molecule has 15 heteroatoms. The van der Waals surface area contributed by atoms with Crippen molar-refractivity contribution in [1.29, 1.82) is 0 Å². The van der Waals surface area contributed by atoms with E-state index < -0.39 is 34.4 Å². The van der Waals surface area contributed by atoms with Crippen LogP contribution in [0.4, 0.5) is 5.69 Å². The topological polar surface area (TPSA) is 161 Å². The van der Waals surface area contributed by atoms with E-state index in [4.69, 9.17) is 14.2 Å². The minimum absolute atomic E-state index is 0.0298. The number of imidazole rings is 1. The van der Waals surface area contributed by atoms with Gasteiger partial charge in [0, 0.05) is 31.5 Å². The molecule has 5 rings (SSSR count). The molecule has 3 atom stereocenters. The third-order valence-corrected chi connectivity index (χ3v) is 9.82. The number of aromatic nitrogens is 2. The van der Waals surface area contributed by atoms with E-state index >= 15 is 0 Å². The number of aliphatic hydroxyl groups excluding tert-OH is 1. The summed E-state index contributed by atoms with van der Waals surface area (Å²) in [4.78, 5) is 31.3. The van der Waals surface area contributed by atoms with Gasteiger partial charge in [-0.15, -0.1) is 0 Å². The summed E-state index contributed by atoms with van der Waals surface area (Å²) in [6.07, 6.45) is 1.06. The molecular formula is C30H39N5O8S2. The van der Waals surface area contributed by atoms with Gasteiger partial charge in [-0.2, -0.15) is 0 Å². The maximum Gasteiger partial charge on any atom is 0.310 e. The first-order chi connectivity index (χ1) is 21.6. The van der Waals surface area contributed by atoms with Crippen LogP contribution < -0.4 is 14.8 Å². The summed E-state index contributed by atoms with van der Waals surface area (Å²) in [6.45, 7) is 5.52. The smallest absolute Gasteiger partial charge is 0.310 e. The highest BCUT2D eigenvalue weighted by atomic mass is 32.2. The minimum Gasteiger partial charge on any atom is -0.487 e. The van der Waals surface area contributed by atoms with Gasteiger partial charge in [0.05, 0.1) is 42.7 Å². The van der Waals surface area contributed by atoms with E-state index in [0.29, 0.717) is 38.2 Å². The normalized spacial score (nSPS) is 20.3. The predicted molar refractivity (Wildman–Crippen MR) is 169 cm³/mol. The van der Waals surface area contributed by atoms with E-state index in [9.17, 15) is 23.1 Å². The van der Waals surface area contributed by atoms with Crippen molar-refractivity contribution < 1.29 is 37.3 Å². The van der Waals surface area contributed by atoms with Crippen LogP contribution in [0.5, 0.6) is 5.75 Å². The fourth-order valence-electron chi connectivity index (χ4n) is 5.49. The van der Waals surface area contributed by atoms with Crippen molar-refractivity contribution in [3.05, 3.63) is 42.5 Å². The molecule has 45 heavy (non-hydrogen) atoms. The quantitative estimate of drug-likeness (QED) is 0.182. The van der Waals surface area contributed by atoms with Crippen LogP contribution in [0.25, 0.3) is 11.0 Å². The molecule has 0 bridgehead atoms. The Kier molecular flexibility index (Phi) is 10.7. The lowest BCUT2D eigenvalue weighted by atomic mass is 10.1. The minimum atomic E-state index is -4.23. The number of anilines is 1. The summed E-state index contributed by atoms with van der Waals surface area (Å²) in [5, 5.41) is 13.4. The number of nitrogens with one attached hydrogen (secondary N) is 2. The maximum absolute atomic E-state index is 13.7. The van der Waals surface area contributed by atoms with Gasteiger partial charge in [-0.05, 0) is 57.2 Å². The number of likely N-dealkylation sites (tertiary alicyclic amines) is 1. The number of fused-ring (bicyclic) bond motifs is 1. The van der Waals surface area contributed by atoms with Gasteiger partial charge in [0.25, 0.3) is 0 Å². The van der Waals surface area contributed by atoms with Crippen molar-refractivity contribution in [2.75, 3.05) is 37.8 Å². The van der Waals surface area contributed by atoms with Gasteiger partial charge in [0.1, 0.15) is 16.7 Å².